The van der Waals surface area contributed by atoms with Crippen LogP contribution in [0.3, 0.4) is 0 Å². The Morgan fingerprint density at radius 2 is 1.77 bits per heavy atom. The molecule has 1 fully saturated rings. The van der Waals surface area contributed by atoms with Crippen LogP contribution < -0.4 is 5.56 Å². The summed E-state index contributed by atoms with van der Waals surface area (Å²) < 4.78 is 2.12. The molecule has 1 saturated heterocycles. The summed E-state index contributed by atoms with van der Waals surface area (Å²) in [5, 5.41) is 10.3. The molecule has 0 aliphatic carbocycles. The van der Waals surface area contributed by atoms with E-state index in [4.69, 9.17) is 0 Å². The second-order valence-electron chi connectivity index (χ2n) is 7.78. The van der Waals surface area contributed by atoms with E-state index in [1.54, 1.807) is 17.8 Å². The van der Waals surface area contributed by atoms with E-state index in [1.165, 1.54) is 12.8 Å². The first-order chi connectivity index (χ1) is 15.2. The number of H-pyrrole nitrogens is 1. The second kappa shape index (κ2) is 8.64. The number of para-hydroxylation sites is 2. The number of fused-ring (bicyclic) bond motifs is 1. The van der Waals surface area contributed by atoms with Gasteiger partial charge in [-0.25, -0.2) is 4.98 Å². The number of hydrogen-bond acceptors (Lipinski definition) is 6. The highest BCUT2D eigenvalue weighted by atomic mass is 32.2. The summed E-state index contributed by atoms with van der Waals surface area (Å²) in [6.07, 6.45) is 2.47. The van der Waals surface area contributed by atoms with Crippen LogP contribution in [0.4, 0.5) is 0 Å². The van der Waals surface area contributed by atoms with Crippen LogP contribution in [0, 0.1) is 0 Å². The third-order valence-corrected chi connectivity index (χ3v) is 6.63. The van der Waals surface area contributed by atoms with Gasteiger partial charge < -0.3 is 4.98 Å². The molecule has 2 aromatic carbocycles. The van der Waals surface area contributed by atoms with Gasteiger partial charge >= 0.3 is 0 Å². The second-order valence-corrected chi connectivity index (χ2v) is 9.09. The summed E-state index contributed by atoms with van der Waals surface area (Å²) in [4.78, 5) is 22.5. The van der Waals surface area contributed by atoms with Gasteiger partial charge in [0.15, 0.2) is 11.0 Å². The number of nitrogens with one attached hydrogen (secondary N) is 1. The van der Waals surface area contributed by atoms with Crippen LogP contribution >= 0.6 is 11.8 Å². The van der Waals surface area contributed by atoms with Crippen LogP contribution in [0.5, 0.6) is 0 Å². The van der Waals surface area contributed by atoms with Crippen LogP contribution in [0.2, 0.25) is 0 Å². The topological polar surface area (TPSA) is 79.7 Å². The van der Waals surface area contributed by atoms with Gasteiger partial charge in [-0.1, -0.05) is 42.1 Å². The SMILES string of the molecule is CC(Sc1nnc(CN2CCCC2)n1-c1ccccc1)c1nc2ccccc2c(=O)[nH]1. The smallest absolute Gasteiger partial charge is 0.258 e. The molecule has 0 saturated carbocycles. The van der Waals surface area contributed by atoms with Crippen LogP contribution in [0.15, 0.2) is 64.5 Å². The summed E-state index contributed by atoms with van der Waals surface area (Å²) in [6.45, 7) is 5.01. The van der Waals surface area contributed by atoms with E-state index in [0.717, 1.165) is 36.3 Å². The highest BCUT2D eigenvalue weighted by Gasteiger charge is 2.22. The molecule has 1 aliphatic rings. The average molecular weight is 433 g/mol. The molecule has 1 atom stereocenters. The number of likely N-dealkylation sites (tertiary alicyclic amines) is 1. The average Bonchev–Trinajstić information content (AvgIpc) is 3.45. The fourth-order valence-electron chi connectivity index (χ4n) is 3.97. The van der Waals surface area contributed by atoms with E-state index in [2.05, 4.69) is 41.8 Å². The van der Waals surface area contributed by atoms with Gasteiger partial charge in [-0.2, -0.15) is 0 Å². The summed E-state index contributed by atoms with van der Waals surface area (Å²) in [5.74, 6) is 1.57. The van der Waals surface area contributed by atoms with E-state index >= 15 is 0 Å². The Morgan fingerprint density at radius 1 is 1.03 bits per heavy atom. The minimum Gasteiger partial charge on any atom is -0.309 e. The largest absolute Gasteiger partial charge is 0.309 e. The van der Waals surface area contributed by atoms with Crippen LogP contribution in [0.1, 0.15) is 36.7 Å². The molecule has 0 amide bonds. The molecule has 1 aliphatic heterocycles. The van der Waals surface area contributed by atoms with Crippen LogP contribution in [-0.2, 0) is 6.54 Å². The molecule has 158 valence electrons. The van der Waals surface area contributed by atoms with Gasteiger partial charge in [0, 0.05) is 5.69 Å². The molecule has 0 spiro atoms. The van der Waals surface area contributed by atoms with E-state index in [9.17, 15) is 4.79 Å². The number of thioether (sulfide) groups is 1. The standard InChI is InChI=1S/C23H24N6OS/c1-16(21-24-19-12-6-5-11-18(19)22(30)25-21)31-23-27-26-20(15-28-13-7-8-14-28)29(23)17-9-3-2-4-10-17/h2-6,9-12,16H,7-8,13-15H2,1H3,(H,24,25,30). The Hall–Kier alpha value is -2.97. The van der Waals surface area contributed by atoms with Gasteiger partial charge in [0.1, 0.15) is 5.82 Å². The van der Waals surface area contributed by atoms with Gasteiger partial charge in [0.25, 0.3) is 5.56 Å². The van der Waals surface area contributed by atoms with E-state index in [-0.39, 0.29) is 10.8 Å². The number of hydrogen-bond donors (Lipinski definition) is 1. The maximum atomic E-state index is 12.5. The van der Waals surface area contributed by atoms with E-state index in [0.29, 0.717) is 16.7 Å². The van der Waals surface area contributed by atoms with Crippen molar-refractivity contribution >= 4 is 22.7 Å². The molecule has 31 heavy (non-hydrogen) atoms. The maximum absolute atomic E-state index is 12.5. The van der Waals surface area contributed by atoms with Crippen molar-refractivity contribution < 1.29 is 0 Å². The number of aromatic amines is 1. The first-order valence-corrected chi connectivity index (χ1v) is 11.4. The number of rotatable bonds is 6. The lowest BCUT2D eigenvalue weighted by Crippen LogP contribution is -2.21. The quantitative estimate of drug-likeness (QED) is 0.465. The lowest BCUT2D eigenvalue weighted by Gasteiger charge is -2.17. The Kier molecular flexibility index (Phi) is 5.57. The molecule has 1 N–H and O–H groups in total. The summed E-state index contributed by atoms with van der Waals surface area (Å²) >= 11 is 1.55. The van der Waals surface area contributed by atoms with Crippen molar-refractivity contribution in [2.75, 3.05) is 13.1 Å². The van der Waals surface area contributed by atoms with Gasteiger partial charge in [0.05, 0.1) is 22.7 Å². The highest BCUT2D eigenvalue weighted by Crippen LogP contribution is 2.34. The molecule has 8 heteroatoms. The highest BCUT2D eigenvalue weighted by molar-refractivity contribution is 7.99. The molecule has 3 heterocycles. The van der Waals surface area contributed by atoms with Crippen LogP contribution in [-0.4, -0.2) is 42.7 Å². The molecule has 5 rings (SSSR count). The predicted octanol–water partition coefficient (Wildman–Crippen LogP) is 3.95. The number of benzene rings is 2. The van der Waals surface area contributed by atoms with Crippen molar-refractivity contribution in [3.8, 4) is 5.69 Å². The Morgan fingerprint density at radius 3 is 2.58 bits per heavy atom. The van der Waals surface area contributed by atoms with Crippen molar-refractivity contribution in [3.05, 3.63) is 76.6 Å². The molecule has 0 bridgehead atoms. The molecule has 7 nitrogen and oxygen atoms in total. The normalized spacial score (nSPS) is 15.5. The number of aromatic nitrogens is 5. The van der Waals surface area contributed by atoms with Crippen molar-refractivity contribution in [2.45, 2.75) is 36.7 Å². The molecule has 2 aromatic heterocycles. The molecule has 4 aromatic rings. The lowest BCUT2D eigenvalue weighted by atomic mass is 10.2. The van der Waals surface area contributed by atoms with Crippen molar-refractivity contribution in [1.29, 1.82) is 0 Å². The molecule has 1 unspecified atom stereocenters. The molecule has 0 radical (unpaired) electrons. The fraction of sp³-hybridized carbons (Fsp3) is 0.304. The maximum Gasteiger partial charge on any atom is 0.258 e. The zero-order valence-corrected chi connectivity index (χ0v) is 18.2. The van der Waals surface area contributed by atoms with Crippen molar-refractivity contribution in [1.82, 2.24) is 29.6 Å². The number of nitrogens with zero attached hydrogens (tertiary/aromatic N) is 5. The minimum atomic E-state index is -0.118. The summed E-state index contributed by atoms with van der Waals surface area (Å²) in [7, 11) is 0. The third kappa shape index (κ3) is 4.13. The van der Waals surface area contributed by atoms with Crippen LogP contribution in [0.25, 0.3) is 16.6 Å². The monoisotopic (exact) mass is 432 g/mol. The molecular weight excluding hydrogens is 408 g/mol. The summed E-state index contributed by atoms with van der Waals surface area (Å²) in [5.41, 5.74) is 1.62. The third-order valence-electron chi connectivity index (χ3n) is 5.58. The zero-order valence-electron chi connectivity index (χ0n) is 17.4. The lowest BCUT2D eigenvalue weighted by molar-refractivity contribution is 0.319. The summed E-state index contributed by atoms with van der Waals surface area (Å²) in [6, 6.07) is 17.6. The molecular formula is C23H24N6OS. The van der Waals surface area contributed by atoms with Gasteiger partial charge in [-0.05, 0) is 57.1 Å². The predicted molar refractivity (Wildman–Crippen MR) is 123 cm³/mol. The first kappa shape index (κ1) is 20.0. The van der Waals surface area contributed by atoms with Gasteiger partial charge in [-0.15, -0.1) is 10.2 Å². The van der Waals surface area contributed by atoms with Crippen molar-refractivity contribution in [3.63, 3.8) is 0 Å². The first-order valence-electron chi connectivity index (χ1n) is 10.6. The Labute approximate surface area is 184 Å². The Bertz CT molecular complexity index is 1250. The Balaban J connectivity index is 1.48. The minimum absolute atomic E-state index is 0.0939. The van der Waals surface area contributed by atoms with Gasteiger partial charge in [-0.3, -0.25) is 14.3 Å². The zero-order chi connectivity index (χ0) is 21.2. The van der Waals surface area contributed by atoms with Gasteiger partial charge in [0.2, 0.25) is 0 Å². The van der Waals surface area contributed by atoms with E-state index < -0.39 is 0 Å². The van der Waals surface area contributed by atoms with E-state index in [1.807, 2.05) is 43.3 Å². The fourth-order valence-corrected chi connectivity index (χ4v) is 4.91. The van der Waals surface area contributed by atoms with Crippen molar-refractivity contribution in [2.24, 2.45) is 0 Å².